The fourth-order valence-corrected chi connectivity index (χ4v) is 1.69. The highest BCUT2D eigenvalue weighted by Crippen LogP contribution is 2.21. The summed E-state index contributed by atoms with van der Waals surface area (Å²) >= 11 is 0. The van der Waals surface area contributed by atoms with Crippen molar-refractivity contribution >= 4 is 5.97 Å². The fraction of sp³-hybridized carbons (Fsp3) is 0.562. The van der Waals surface area contributed by atoms with Crippen LogP contribution in [0.25, 0.3) is 0 Å². The summed E-state index contributed by atoms with van der Waals surface area (Å²) in [7, 11) is 0. The van der Waals surface area contributed by atoms with E-state index in [1.165, 1.54) is 18.1 Å². The molecule has 0 aromatic rings. The number of carbonyl (C=O) groups excluding carboxylic acids is 1. The first kappa shape index (κ1) is 16.7. The second kappa shape index (κ2) is 9.69. The zero-order valence-corrected chi connectivity index (χ0v) is 12.0. The van der Waals surface area contributed by atoms with E-state index in [-0.39, 0.29) is 5.97 Å². The molecule has 2 heteroatoms. The summed E-state index contributed by atoms with van der Waals surface area (Å²) in [6.45, 7) is 13.9. The zero-order valence-electron chi connectivity index (χ0n) is 12.0. The summed E-state index contributed by atoms with van der Waals surface area (Å²) in [5.74, 6) is 0.306. The molecule has 0 aliphatic carbocycles. The summed E-state index contributed by atoms with van der Waals surface area (Å²) in [6, 6.07) is 0. The molecule has 0 N–H and O–H groups in total. The van der Waals surface area contributed by atoms with E-state index in [9.17, 15) is 4.79 Å². The van der Waals surface area contributed by atoms with E-state index in [1.54, 1.807) is 0 Å². The molecule has 102 valence electrons. The van der Waals surface area contributed by atoms with Crippen LogP contribution in [0.2, 0.25) is 0 Å². The van der Waals surface area contributed by atoms with Gasteiger partial charge in [-0.05, 0) is 39.0 Å². The normalized spacial score (nSPS) is 12.9. The summed E-state index contributed by atoms with van der Waals surface area (Å²) in [5.41, 5.74) is 2.49. The molecular formula is C16H26O2. The lowest BCUT2D eigenvalue weighted by molar-refractivity contribution is -0.140. The van der Waals surface area contributed by atoms with E-state index in [1.807, 2.05) is 6.08 Å². The van der Waals surface area contributed by atoms with Gasteiger partial charge in [0.2, 0.25) is 0 Å². The number of hydrogen-bond donors (Lipinski definition) is 0. The predicted octanol–water partition coefficient (Wildman–Crippen LogP) is 4.43. The van der Waals surface area contributed by atoms with E-state index in [2.05, 4.69) is 33.1 Å². The fourth-order valence-electron chi connectivity index (χ4n) is 1.69. The van der Waals surface area contributed by atoms with Crippen LogP contribution < -0.4 is 0 Å². The molecule has 0 saturated heterocycles. The maximum Gasteiger partial charge on any atom is 0.302 e. The Morgan fingerprint density at radius 2 is 2.00 bits per heavy atom. The van der Waals surface area contributed by atoms with Crippen molar-refractivity contribution in [2.24, 2.45) is 5.92 Å². The number of rotatable bonds is 9. The third kappa shape index (κ3) is 8.80. The quantitative estimate of drug-likeness (QED) is 0.447. The summed E-state index contributed by atoms with van der Waals surface area (Å²) < 4.78 is 4.92. The van der Waals surface area contributed by atoms with Gasteiger partial charge in [-0.1, -0.05) is 29.9 Å². The first-order valence-corrected chi connectivity index (χ1v) is 6.52. The minimum atomic E-state index is -0.214. The van der Waals surface area contributed by atoms with Crippen LogP contribution in [0.15, 0.2) is 36.5 Å². The van der Waals surface area contributed by atoms with Gasteiger partial charge >= 0.3 is 5.97 Å². The minimum absolute atomic E-state index is 0.214. The summed E-state index contributed by atoms with van der Waals surface area (Å²) in [6.07, 6.45) is 8.13. The maximum absolute atomic E-state index is 10.6. The molecule has 0 rings (SSSR count). The SMILES string of the molecule is C=CCCC(CC=C(C)CCOC(C)=O)C(=C)C. The van der Waals surface area contributed by atoms with E-state index < -0.39 is 0 Å². The standard InChI is InChI=1S/C16H26O2/c1-6-7-8-16(13(2)3)10-9-14(4)11-12-18-15(5)17/h6,9,16H,1-2,7-8,10-12H2,3-5H3. The molecule has 0 amide bonds. The molecule has 0 spiro atoms. The Morgan fingerprint density at radius 3 is 2.50 bits per heavy atom. The molecule has 2 nitrogen and oxygen atoms in total. The van der Waals surface area contributed by atoms with Crippen molar-refractivity contribution in [2.75, 3.05) is 6.61 Å². The van der Waals surface area contributed by atoms with Gasteiger partial charge in [0, 0.05) is 13.3 Å². The third-order valence-electron chi connectivity index (χ3n) is 2.97. The molecule has 0 radical (unpaired) electrons. The van der Waals surface area contributed by atoms with Crippen LogP contribution in [0.3, 0.4) is 0 Å². The lowest BCUT2D eigenvalue weighted by Gasteiger charge is -2.14. The molecule has 0 aromatic carbocycles. The van der Waals surface area contributed by atoms with E-state index in [0.717, 1.165) is 25.7 Å². The number of esters is 1. The number of carbonyl (C=O) groups is 1. The first-order valence-electron chi connectivity index (χ1n) is 6.52. The van der Waals surface area contributed by atoms with E-state index in [4.69, 9.17) is 4.74 Å². The lowest BCUT2D eigenvalue weighted by atomic mass is 9.92. The molecule has 0 heterocycles. The second-order valence-corrected chi connectivity index (χ2v) is 4.79. The Bertz CT molecular complexity index is 313. The number of ether oxygens (including phenoxy) is 1. The van der Waals surface area contributed by atoms with Gasteiger partial charge in [0.25, 0.3) is 0 Å². The summed E-state index contributed by atoms with van der Waals surface area (Å²) in [5, 5.41) is 0. The smallest absolute Gasteiger partial charge is 0.302 e. The Labute approximate surface area is 111 Å². The van der Waals surface area contributed by atoms with Crippen molar-refractivity contribution in [2.45, 2.75) is 46.5 Å². The Kier molecular flexibility index (Phi) is 8.99. The van der Waals surface area contributed by atoms with Gasteiger partial charge in [-0.2, -0.15) is 0 Å². The number of hydrogen-bond acceptors (Lipinski definition) is 2. The Morgan fingerprint density at radius 1 is 1.33 bits per heavy atom. The highest BCUT2D eigenvalue weighted by molar-refractivity contribution is 5.65. The molecule has 1 unspecified atom stereocenters. The maximum atomic E-state index is 10.6. The van der Waals surface area contributed by atoms with Crippen molar-refractivity contribution in [1.29, 1.82) is 0 Å². The third-order valence-corrected chi connectivity index (χ3v) is 2.97. The average molecular weight is 250 g/mol. The second-order valence-electron chi connectivity index (χ2n) is 4.79. The lowest BCUT2D eigenvalue weighted by Crippen LogP contribution is -2.02. The van der Waals surface area contributed by atoms with Crippen molar-refractivity contribution < 1.29 is 9.53 Å². The van der Waals surface area contributed by atoms with Crippen LogP contribution in [0.5, 0.6) is 0 Å². The molecule has 0 saturated carbocycles. The van der Waals surface area contributed by atoms with Gasteiger partial charge in [0.05, 0.1) is 6.61 Å². The molecule has 0 aromatic heterocycles. The van der Waals surface area contributed by atoms with Gasteiger partial charge in [-0.15, -0.1) is 6.58 Å². The molecule has 0 fully saturated rings. The van der Waals surface area contributed by atoms with Crippen LogP contribution >= 0.6 is 0 Å². The Balaban J connectivity index is 4.09. The van der Waals surface area contributed by atoms with Crippen LogP contribution in [0.4, 0.5) is 0 Å². The number of allylic oxidation sites excluding steroid dienone is 3. The van der Waals surface area contributed by atoms with Crippen LogP contribution in [-0.4, -0.2) is 12.6 Å². The highest BCUT2D eigenvalue weighted by Gasteiger charge is 2.07. The molecule has 0 bridgehead atoms. The molecule has 0 aliphatic heterocycles. The molecule has 18 heavy (non-hydrogen) atoms. The van der Waals surface area contributed by atoms with E-state index in [0.29, 0.717) is 12.5 Å². The van der Waals surface area contributed by atoms with Crippen molar-refractivity contribution in [3.05, 3.63) is 36.5 Å². The minimum Gasteiger partial charge on any atom is -0.466 e. The van der Waals surface area contributed by atoms with Gasteiger partial charge in [0.1, 0.15) is 0 Å². The van der Waals surface area contributed by atoms with Gasteiger partial charge in [-0.3, -0.25) is 4.79 Å². The van der Waals surface area contributed by atoms with Crippen LogP contribution in [0.1, 0.15) is 46.5 Å². The van der Waals surface area contributed by atoms with Gasteiger partial charge in [0.15, 0.2) is 0 Å². The van der Waals surface area contributed by atoms with Crippen LogP contribution in [-0.2, 0) is 9.53 Å². The van der Waals surface area contributed by atoms with Gasteiger partial charge < -0.3 is 4.74 Å². The van der Waals surface area contributed by atoms with E-state index >= 15 is 0 Å². The molecule has 1 atom stereocenters. The van der Waals surface area contributed by atoms with Gasteiger partial charge in [-0.25, -0.2) is 0 Å². The van der Waals surface area contributed by atoms with Crippen molar-refractivity contribution in [3.8, 4) is 0 Å². The largest absolute Gasteiger partial charge is 0.466 e. The first-order chi connectivity index (χ1) is 8.47. The highest BCUT2D eigenvalue weighted by atomic mass is 16.5. The predicted molar refractivity (Wildman–Crippen MR) is 77.4 cm³/mol. The summed E-state index contributed by atoms with van der Waals surface area (Å²) in [4.78, 5) is 10.6. The zero-order chi connectivity index (χ0) is 14.0. The Hall–Kier alpha value is -1.31. The topological polar surface area (TPSA) is 26.3 Å². The van der Waals surface area contributed by atoms with Crippen molar-refractivity contribution in [3.63, 3.8) is 0 Å². The monoisotopic (exact) mass is 250 g/mol. The van der Waals surface area contributed by atoms with Crippen LogP contribution in [0, 0.1) is 5.92 Å². The average Bonchev–Trinajstić information content (AvgIpc) is 2.28. The van der Waals surface area contributed by atoms with Crippen molar-refractivity contribution in [1.82, 2.24) is 0 Å². The molecule has 0 aliphatic rings. The molecular weight excluding hydrogens is 224 g/mol.